The number of nitrogens with zero attached hydrogens (tertiary/aromatic N) is 1. The van der Waals surface area contributed by atoms with Crippen LogP contribution in [0.4, 0.5) is 4.39 Å². The number of rotatable bonds is 2. The van der Waals surface area contributed by atoms with Crippen LogP contribution in [0.2, 0.25) is 0 Å². The van der Waals surface area contributed by atoms with Crippen LogP contribution in [-0.4, -0.2) is 4.98 Å². The molecule has 10 heavy (non-hydrogen) atoms. The monoisotopic (exact) mass is 159 g/mol. The molecule has 1 rings (SSSR count). The van der Waals surface area contributed by atoms with Gasteiger partial charge in [-0.15, -0.1) is 0 Å². The summed E-state index contributed by atoms with van der Waals surface area (Å²) < 4.78 is 12.3. The maximum atomic E-state index is 12.3. The highest BCUT2D eigenvalue weighted by molar-refractivity contribution is 7.09. The summed E-state index contributed by atoms with van der Waals surface area (Å²) in [5.41, 5.74) is 0. The summed E-state index contributed by atoms with van der Waals surface area (Å²) in [5, 5.41) is 0.711. The molecule has 0 spiro atoms. The van der Waals surface area contributed by atoms with E-state index >= 15 is 0 Å². The molecule has 1 heterocycles. The lowest BCUT2D eigenvalue weighted by Gasteiger charge is -1.97. The Morgan fingerprint density at radius 2 is 2.40 bits per heavy atom. The summed E-state index contributed by atoms with van der Waals surface area (Å²) in [5.74, 6) is 0.561. The van der Waals surface area contributed by atoms with Gasteiger partial charge in [0.1, 0.15) is 0 Å². The lowest BCUT2D eigenvalue weighted by molar-refractivity contribution is 0.643. The molecule has 56 valence electrons. The van der Waals surface area contributed by atoms with Crippen LogP contribution in [0, 0.1) is 11.0 Å². The average Bonchev–Trinajstić information content (AvgIpc) is 2.13. The molecule has 0 aromatic carbocycles. The van der Waals surface area contributed by atoms with E-state index in [0.29, 0.717) is 5.92 Å². The molecular weight excluding hydrogens is 149 g/mol. The van der Waals surface area contributed by atoms with E-state index in [4.69, 9.17) is 0 Å². The van der Waals surface area contributed by atoms with Crippen molar-refractivity contribution in [3.05, 3.63) is 16.3 Å². The third-order valence-corrected chi connectivity index (χ3v) is 1.92. The van der Waals surface area contributed by atoms with Gasteiger partial charge in [-0.2, -0.15) is 4.39 Å². The molecular formula is C7H10FNS. The van der Waals surface area contributed by atoms with Crippen LogP contribution >= 0.6 is 11.3 Å². The molecule has 0 bridgehead atoms. The number of hydrogen-bond donors (Lipinski definition) is 0. The summed E-state index contributed by atoms with van der Waals surface area (Å²) in [4.78, 5) is 3.90. The molecule has 0 fully saturated rings. The number of hydrogen-bond acceptors (Lipinski definition) is 2. The van der Waals surface area contributed by atoms with E-state index < -0.39 is 0 Å². The summed E-state index contributed by atoms with van der Waals surface area (Å²) >= 11 is 1.14. The lowest BCUT2D eigenvalue weighted by Crippen LogP contribution is -1.91. The van der Waals surface area contributed by atoms with Gasteiger partial charge >= 0.3 is 0 Å². The van der Waals surface area contributed by atoms with Gasteiger partial charge in [-0.3, -0.25) is 0 Å². The fourth-order valence-corrected chi connectivity index (χ4v) is 1.58. The van der Waals surface area contributed by atoms with E-state index in [1.165, 1.54) is 6.20 Å². The topological polar surface area (TPSA) is 12.9 Å². The van der Waals surface area contributed by atoms with E-state index in [1.807, 2.05) is 0 Å². The predicted octanol–water partition coefficient (Wildman–Crippen LogP) is 2.48. The normalized spacial score (nSPS) is 10.8. The molecule has 0 aliphatic rings. The Labute approximate surface area is 63.9 Å². The Hall–Kier alpha value is -0.440. The van der Waals surface area contributed by atoms with Crippen molar-refractivity contribution in [2.75, 3.05) is 0 Å². The number of thiazole rings is 1. The average molecular weight is 159 g/mol. The summed E-state index contributed by atoms with van der Waals surface area (Å²) in [6.07, 6.45) is 2.16. The van der Waals surface area contributed by atoms with Gasteiger partial charge in [0, 0.05) is 6.42 Å². The Morgan fingerprint density at radius 3 is 2.80 bits per heavy atom. The Morgan fingerprint density at radius 1 is 1.70 bits per heavy atom. The third-order valence-electron chi connectivity index (χ3n) is 1.11. The van der Waals surface area contributed by atoms with E-state index in [2.05, 4.69) is 18.8 Å². The Bertz CT molecular complexity index is 207. The minimum Gasteiger partial charge on any atom is -0.246 e. The highest BCUT2D eigenvalue weighted by Gasteiger charge is 2.02. The van der Waals surface area contributed by atoms with Gasteiger partial charge < -0.3 is 0 Å². The quantitative estimate of drug-likeness (QED) is 0.646. The van der Waals surface area contributed by atoms with Gasteiger partial charge in [0.05, 0.1) is 11.2 Å². The standard InChI is InChI=1S/C7H10FNS/c1-5(2)3-7-9-4-6(8)10-7/h4-5H,3H2,1-2H3. The molecule has 1 aromatic rings. The minimum absolute atomic E-state index is 0.185. The van der Waals surface area contributed by atoms with Crippen molar-refractivity contribution >= 4 is 11.3 Å². The van der Waals surface area contributed by atoms with Crippen molar-refractivity contribution in [1.29, 1.82) is 0 Å². The second-order valence-electron chi connectivity index (χ2n) is 2.66. The summed E-state index contributed by atoms with van der Waals surface area (Å²) in [6, 6.07) is 0. The first-order valence-corrected chi connectivity index (χ1v) is 4.10. The van der Waals surface area contributed by atoms with Crippen LogP contribution in [0.5, 0.6) is 0 Å². The molecule has 1 aromatic heterocycles. The van der Waals surface area contributed by atoms with Crippen LogP contribution < -0.4 is 0 Å². The number of aromatic nitrogens is 1. The molecule has 3 heteroatoms. The molecule has 0 amide bonds. The maximum absolute atomic E-state index is 12.3. The fourth-order valence-electron chi connectivity index (χ4n) is 0.732. The highest BCUT2D eigenvalue weighted by atomic mass is 32.1. The summed E-state index contributed by atoms with van der Waals surface area (Å²) in [7, 11) is 0. The Kier molecular flexibility index (Phi) is 2.38. The van der Waals surface area contributed by atoms with Gasteiger partial charge in [-0.1, -0.05) is 25.2 Å². The Balaban J connectivity index is 2.58. The second-order valence-corrected chi connectivity index (χ2v) is 3.72. The SMILES string of the molecule is CC(C)Cc1ncc(F)s1. The van der Waals surface area contributed by atoms with Gasteiger partial charge in [-0.05, 0) is 5.92 Å². The van der Waals surface area contributed by atoms with Crippen molar-refractivity contribution in [2.45, 2.75) is 20.3 Å². The molecule has 0 aliphatic heterocycles. The molecule has 0 atom stereocenters. The fraction of sp³-hybridized carbons (Fsp3) is 0.571. The highest BCUT2D eigenvalue weighted by Crippen LogP contribution is 2.14. The maximum Gasteiger partial charge on any atom is 0.196 e. The third kappa shape index (κ3) is 2.06. The number of halogens is 1. The lowest BCUT2D eigenvalue weighted by atomic mass is 10.1. The first kappa shape index (κ1) is 7.66. The van der Waals surface area contributed by atoms with E-state index in [0.717, 1.165) is 22.8 Å². The van der Waals surface area contributed by atoms with Gasteiger partial charge in [-0.25, -0.2) is 4.98 Å². The molecule has 0 aliphatic carbocycles. The zero-order valence-electron chi connectivity index (χ0n) is 6.10. The van der Waals surface area contributed by atoms with Crippen LogP contribution in [0.1, 0.15) is 18.9 Å². The zero-order chi connectivity index (χ0) is 7.56. The van der Waals surface area contributed by atoms with Crippen LogP contribution in [-0.2, 0) is 6.42 Å². The smallest absolute Gasteiger partial charge is 0.196 e. The van der Waals surface area contributed by atoms with Crippen molar-refractivity contribution in [3.63, 3.8) is 0 Å². The van der Waals surface area contributed by atoms with E-state index in [1.54, 1.807) is 0 Å². The van der Waals surface area contributed by atoms with Gasteiger partial charge in [0.15, 0.2) is 5.13 Å². The molecule has 1 nitrogen and oxygen atoms in total. The first-order chi connectivity index (χ1) is 4.68. The van der Waals surface area contributed by atoms with Crippen LogP contribution in [0.3, 0.4) is 0 Å². The first-order valence-electron chi connectivity index (χ1n) is 3.28. The molecule has 0 radical (unpaired) electrons. The molecule has 0 unspecified atom stereocenters. The second kappa shape index (κ2) is 3.10. The largest absolute Gasteiger partial charge is 0.246 e. The summed E-state index contributed by atoms with van der Waals surface area (Å²) in [6.45, 7) is 4.19. The van der Waals surface area contributed by atoms with Gasteiger partial charge in [0.2, 0.25) is 0 Å². The predicted molar refractivity (Wildman–Crippen MR) is 40.6 cm³/mol. The molecule has 0 saturated carbocycles. The van der Waals surface area contributed by atoms with Crippen molar-refractivity contribution in [3.8, 4) is 0 Å². The zero-order valence-corrected chi connectivity index (χ0v) is 6.91. The van der Waals surface area contributed by atoms with Crippen LogP contribution in [0.15, 0.2) is 6.20 Å². The van der Waals surface area contributed by atoms with Crippen molar-refractivity contribution in [2.24, 2.45) is 5.92 Å². The van der Waals surface area contributed by atoms with E-state index in [9.17, 15) is 4.39 Å². The molecule has 0 saturated heterocycles. The minimum atomic E-state index is -0.185. The van der Waals surface area contributed by atoms with Crippen molar-refractivity contribution < 1.29 is 4.39 Å². The molecule has 0 N–H and O–H groups in total. The van der Waals surface area contributed by atoms with Gasteiger partial charge in [0.25, 0.3) is 0 Å². The van der Waals surface area contributed by atoms with Crippen LogP contribution in [0.25, 0.3) is 0 Å². The van der Waals surface area contributed by atoms with E-state index in [-0.39, 0.29) is 5.13 Å². The van der Waals surface area contributed by atoms with Crippen molar-refractivity contribution in [1.82, 2.24) is 4.98 Å².